The zero-order valence-corrected chi connectivity index (χ0v) is 13.3. The Hall–Kier alpha value is -0.940. The largest absolute Gasteiger partial charge is 0.271 e. The molecule has 5 heteroatoms. The second-order valence-electron chi connectivity index (χ2n) is 4.66. The van der Waals surface area contributed by atoms with Crippen LogP contribution in [0.4, 0.5) is 4.39 Å². The van der Waals surface area contributed by atoms with E-state index in [0.717, 1.165) is 21.2 Å². The first kappa shape index (κ1) is 15.4. The number of hydrazine groups is 1. The number of aryl methyl sites for hydroxylation is 1. The summed E-state index contributed by atoms with van der Waals surface area (Å²) in [5.74, 6) is 5.33. The van der Waals surface area contributed by atoms with Gasteiger partial charge in [-0.15, -0.1) is 0 Å². The van der Waals surface area contributed by atoms with Crippen LogP contribution >= 0.6 is 27.5 Å². The molecule has 0 heterocycles. The van der Waals surface area contributed by atoms with Crippen molar-refractivity contribution in [3.63, 3.8) is 0 Å². The molecule has 1 atom stereocenters. The molecule has 0 spiro atoms. The molecule has 106 valence electrons. The average molecular weight is 358 g/mol. The first-order valence-corrected chi connectivity index (χ1v) is 7.34. The molecule has 0 aliphatic rings. The van der Waals surface area contributed by atoms with Gasteiger partial charge in [-0.3, -0.25) is 11.3 Å². The maximum absolute atomic E-state index is 13.1. The van der Waals surface area contributed by atoms with Crippen LogP contribution in [-0.2, 0) is 6.42 Å². The van der Waals surface area contributed by atoms with Gasteiger partial charge in [0.25, 0.3) is 0 Å². The van der Waals surface area contributed by atoms with Gasteiger partial charge in [-0.25, -0.2) is 4.39 Å². The lowest BCUT2D eigenvalue weighted by molar-refractivity contribution is 0.548. The van der Waals surface area contributed by atoms with Crippen LogP contribution < -0.4 is 11.3 Å². The number of hydrogen-bond acceptors (Lipinski definition) is 2. The minimum absolute atomic E-state index is 0.0875. The van der Waals surface area contributed by atoms with E-state index in [1.165, 1.54) is 12.1 Å². The maximum Gasteiger partial charge on any atom is 0.124 e. The summed E-state index contributed by atoms with van der Waals surface area (Å²) in [5, 5.41) is 0.415. The monoisotopic (exact) mass is 356 g/mol. The summed E-state index contributed by atoms with van der Waals surface area (Å²) in [5.41, 5.74) is 5.88. The molecule has 1 unspecified atom stereocenters. The fraction of sp³-hybridized carbons (Fsp3) is 0.200. The zero-order chi connectivity index (χ0) is 14.7. The first-order chi connectivity index (χ1) is 9.51. The van der Waals surface area contributed by atoms with E-state index in [0.29, 0.717) is 11.4 Å². The van der Waals surface area contributed by atoms with Gasteiger partial charge < -0.3 is 0 Å². The second kappa shape index (κ2) is 6.68. The molecule has 20 heavy (non-hydrogen) atoms. The van der Waals surface area contributed by atoms with Gasteiger partial charge >= 0.3 is 0 Å². The Morgan fingerprint density at radius 3 is 2.70 bits per heavy atom. The summed E-state index contributed by atoms with van der Waals surface area (Å²) in [7, 11) is 0. The summed E-state index contributed by atoms with van der Waals surface area (Å²) >= 11 is 9.53. The molecule has 2 aromatic rings. The van der Waals surface area contributed by atoms with E-state index in [1.807, 2.05) is 25.1 Å². The molecule has 0 bridgehead atoms. The third-order valence-corrected chi connectivity index (χ3v) is 4.10. The van der Waals surface area contributed by atoms with Crippen LogP contribution in [0, 0.1) is 12.7 Å². The van der Waals surface area contributed by atoms with Crippen LogP contribution in [0.15, 0.2) is 40.9 Å². The van der Waals surface area contributed by atoms with E-state index in [9.17, 15) is 4.39 Å². The van der Waals surface area contributed by atoms with Gasteiger partial charge in [0.1, 0.15) is 5.82 Å². The third kappa shape index (κ3) is 3.58. The maximum atomic E-state index is 13.1. The Morgan fingerprint density at radius 2 is 2.05 bits per heavy atom. The number of rotatable bonds is 4. The van der Waals surface area contributed by atoms with Gasteiger partial charge in [-0.05, 0) is 54.3 Å². The van der Waals surface area contributed by atoms with Crippen molar-refractivity contribution in [2.24, 2.45) is 5.84 Å². The first-order valence-electron chi connectivity index (χ1n) is 6.17. The molecule has 0 aliphatic heterocycles. The van der Waals surface area contributed by atoms with E-state index in [-0.39, 0.29) is 11.9 Å². The molecule has 0 radical (unpaired) electrons. The van der Waals surface area contributed by atoms with Crippen LogP contribution in [0.3, 0.4) is 0 Å². The minimum Gasteiger partial charge on any atom is -0.271 e. The Balaban J connectivity index is 2.31. The summed E-state index contributed by atoms with van der Waals surface area (Å²) in [6.07, 6.45) is 0.590. The topological polar surface area (TPSA) is 38.0 Å². The third-order valence-electron chi connectivity index (χ3n) is 3.26. The van der Waals surface area contributed by atoms with Crippen molar-refractivity contribution in [2.45, 2.75) is 19.4 Å². The van der Waals surface area contributed by atoms with Crippen molar-refractivity contribution in [1.29, 1.82) is 0 Å². The fourth-order valence-corrected chi connectivity index (χ4v) is 2.78. The fourth-order valence-electron chi connectivity index (χ4n) is 2.15. The lowest BCUT2D eigenvalue weighted by Crippen LogP contribution is -2.30. The lowest BCUT2D eigenvalue weighted by atomic mass is 9.96. The number of benzene rings is 2. The summed E-state index contributed by atoms with van der Waals surface area (Å²) in [6.45, 7) is 2.03. The molecular weight excluding hydrogens is 343 g/mol. The molecule has 2 rings (SSSR count). The Kier molecular flexibility index (Phi) is 5.16. The number of halogens is 3. The van der Waals surface area contributed by atoms with Crippen molar-refractivity contribution in [3.8, 4) is 0 Å². The highest BCUT2D eigenvalue weighted by molar-refractivity contribution is 9.10. The normalized spacial score (nSPS) is 12.4. The lowest BCUT2D eigenvalue weighted by Gasteiger charge is -2.19. The molecule has 0 saturated carbocycles. The van der Waals surface area contributed by atoms with Gasteiger partial charge in [0.15, 0.2) is 0 Å². The predicted octanol–water partition coefficient (Wildman–Crippen LogP) is 4.30. The van der Waals surface area contributed by atoms with Gasteiger partial charge in [0.2, 0.25) is 0 Å². The Morgan fingerprint density at radius 1 is 1.30 bits per heavy atom. The Bertz CT molecular complexity index is 619. The summed E-state index contributed by atoms with van der Waals surface area (Å²) in [4.78, 5) is 0. The van der Waals surface area contributed by atoms with E-state index < -0.39 is 0 Å². The summed E-state index contributed by atoms with van der Waals surface area (Å²) < 4.78 is 14.1. The zero-order valence-electron chi connectivity index (χ0n) is 11.0. The van der Waals surface area contributed by atoms with Gasteiger partial charge in [-0.2, -0.15) is 0 Å². The van der Waals surface area contributed by atoms with E-state index in [1.54, 1.807) is 6.07 Å². The number of nitrogens with two attached hydrogens (primary N) is 1. The smallest absolute Gasteiger partial charge is 0.124 e. The van der Waals surface area contributed by atoms with Gasteiger partial charge in [0, 0.05) is 9.50 Å². The molecule has 0 amide bonds. The highest BCUT2D eigenvalue weighted by Gasteiger charge is 2.15. The van der Waals surface area contributed by atoms with Crippen molar-refractivity contribution in [3.05, 3.63) is 68.4 Å². The molecular formula is C15H15BrClFN2. The van der Waals surface area contributed by atoms with Crippen molar-refractivity contribution in [2.75, 3.05) is 0 Å². The van der Waals surface area contributed by atoms with Crippen LogP contribution in [-0.4, -0.2) is 0 Å². The van der Waals surface area contributed by atoms with Gasteiger partial charge in [-0.1, -0.05) is 39.7 Å². The molecule has 2 aromatic carbocycles. The van der Waals surface area contributed by atoms with Crippen LogP contribution in [0.1, 0.15) is 22.7 Å². The van der Waals surface area contributed by atoms with E-state index in [4.69, 9.17) is 17.4 Å². The van der Waals surface area contributed by atoms with Crippen molar-refractivity contribution in [1.82, 2.24) is 5.43 Å². The van der Waals surface area contributed by atoms with Crippen molar-refractivity contribution >= 4 is 27.5 Å². The highest BCUT2D eigenvalue weighted by Crippen LogP contribution is 2.27. The van der Waals surface area contributed by atoms with Crippen LogP contribution in [0.25, 0.3) is 0 Å². The molecule has 2 nitrogen and oxygen atoms in total. The molecule has 0 aliphatic carbocycles. The quantitative estimate of drug-likeness (QED) is 0.632. The SMILES string of the molecule is Cc1ccc(Br)cc1C(Cc1ccc(F)cc1Cl)NN. The number of nitrogens with one attached hydrogen (secondary N) is 1. The van der Waals surface area contributed by atoms with Crippen LogP contribution in [0.5, 0.6) is 0 Å². The predicted molar refractivity (Wildman–Crippen MR) is 84.1 cm³/mol. The molecule has 0 aromatic heterocycles. The average Bonchev–Trinajstić information content (AvgIpc) is 2.41. The number of hydrogen-bond donors (Lipinski definition) is 2. The van der Waals surface area contributed by atoms with E-state index in [2.05, 4.69) is 21.4 Å². The molecule has 0 saturated heterocycles. The summed E-state index contributed by atoms with van der Waals surface area (Å²) in [6, 6.07) is 10.4. The second-order valence-corrected chi connectivity index (χ2v) is 5.98. The molecule has 3 N–H and O–H groups in total. The van der Waals surface area contributed by atoms with Gasteiger partial charge in [0.05, 0.1) is 6.04 Å². The molecule has 0 fully saturated rings. The minimum atomic E-state index is -0.338. The standard InChI is InChI=1S/C15H15BrClFN2/c1-9-2-4-11(16)7-13(9)15(20-19)6-10-3-5-12(18)8-14(10)17/h2-5,7-8,15,20H,6,19H2,1H3. The highest BCUT2D eigenvalue weighted by atomic mass is 79.9. The van der Waals surface area contributed by atoms with Crippen LogP contribution in [0.2, 0.25) is 5.02 Å². The van der Waals surface area contributed by atoms with Crippen molar-refractivity contribution < 1.29 is 4.39 Å². The Labute approximate surface area is 131 Å². The van der Waals surface area contributed by atoms with E-state index >= 15 is 0 Å².